The number of sulfonamides is 1. The summed E-state index contributed by atoms with van der Waals surface area (Å²) in [6.45, 7) is 4.05. The molecule has 7 heteroatoms. The first-order valence-electron chi connectivity index (χ1n) is 6.77. The number of hydrogen-bond donors (Lipinski definition) is 3. The number of aryl methyl sites for hydroxylation is 2. The quantitative estimate of drug-likeness (QED) is 0.657. The summed E-state index contributed by atoms with van der Waals surface area (Å²) in [7, 11) is -3.15. The van der Waals surface area contributed by atoms with Crippen LogP contribution >= 0.6 is 0 Å². The Morgan fingerprint density at radius 3 is 2.79 bits per heavy atom. The van der Waals surface area contributed by atoms with E-state index >= 15 is 0 Å². The molecule has 1 aliphatic rings. The van der Waals surface area contributed by atoms with Crippen molar-refractivity contribution in [2.75, 3.05) is 19.6 Å². The fourth-order valence-corrected chi connectivity index (χ4v) is 3.87. The van der Waals surface area contributed by atoms with Gasteiger partial charge in [0.05, 0.1) is 11.4 Å². The van der Waals surface area contributed by atoms with E-state index < -0.39 is 10.0 Å². The molecule has 1 aromatic heterocycles. The van der Waals surface area contributed by atoms with E-state index in [0.29, 0.717) is 19.4 Å². The molecule has 0 unspecified atom stereocenters. The number of aromatic amines is 1. The molecular weight excluding hydrogens is 264 g/mol. The van der Waals surface area contributed by atoms with Crippen molar-refractivity contribution in [3.05, 3.63) is 17.5 Å². The van der Waals surface area contributed by atoms with Crippen molar-refractivity contribution in [3.8, 4) is 0 Å². The Morgan fingerprint density at radius 1 is 1.42 bits per heavy atom. The molecule has 1 aliphatic heterocycles. The van der Waals surface area contributed by atoms with Gasteiger partial charge in [0.25, 0.3) is 0 Å². The molecule has 0 aromatic carbocycles. The molecule has 2 rings (SSSR count). The highest BCUT2D eigenvalue weighted by Crippen LogP contribution is 2.12. The van der Waals surface area contributed by atoms with Crippen LogP contribution in [-0.4, -0.2) is 43.5 Å². The second-order valence-electron chi connectivity index (χ2n) is 5.01. The van der Waals surface area contributed by atoms with Crippen LogP contribution in [0.25, 0.3) is 0 Å². The van der Waals surface area contributed by atoms with Gasteiger partial charge in [-0.1, -0.05) is 0 Å². The van der Waals surface area contributed by atoms with E-state index in [1.165, 1.54) is 0 Å². The zero-order chi connectivity index (χ0) is 13.7. The molecule has 0 amide bonds. The van der Waals surface area contributed by atoms with Gasteiger partial charge >= 0.3 is 0 Å². The maximum Gasteiger partial charge on any atom is 0.214 e. The van der Waals surface area contributed by atoms with Crippen molar-refractivity contribution in [1.82, 2.24) is 20.2 Å². The SMILES string of the molecule is Cc1[nH]ncc1CCCNS(=O)(=O)C1CCNCC1. The summed E-state index contributed by atoms with van der Waals surface area (Å²) in [6, 6.07) is 0. The maximum atomic E-state index is 12.1. The van der Waals surface area contributed by atoms with Crippen LogP contribution < -0.4 is 10.0 Å². The average Bonchev–Trinajstić information content (AvgIpc) is 2.81. The van der Waals surface area contributed by atoms with Gasteiger partial charge in [0.2, 0.25) is 10.0 Å². The largest absolute Gasteiger partial charge is 0.317 e. The normalized spacial score (nSPS) is 17.7. The topological polar surface area (TPSA) is 86.9 Å². The molecule has 1 saturated heterocycles. The Kier molecular flexibility index (Phi) is 4.95. The average molecular weight is 286 g/mol. The van der Waals surface area contributed by atoms with Gasteiger partial charge in [-0.3, -0.25) is 5.10 Å². The van der Waals surface area contributed by atoms with Gasteiger partial charge in [0.15, 0.2) is 0 Å². The summed E-state index contributed by atoms with van der Waals surface area (Å²) >= 11 is 0. The molecule has 0 spiro atoms. The monoisotopic (exact) mass is 286 g/mol. The Labute approximate surface area is 114 Å². The lowest BCUT2D eigenvalue weighted by Gasteiger charge is -2.22. The first-order chi connectivity index (χ1) is 9.09. The third-order valence-corrected chi connectivity index (χ3v) is 5.54. The van der Waals surface area contributed by atoms with Crippen molar-refractivity contribution in [3.63, 3.8) is 0 Å². The highest BCUT2D eigenvalue weighted by atomic mass is 32.2. The first kappa shape index (κ1) is 14.5. The fraction of sp³-hybridized carbons (Fsp3) is 0.750. The van der Waals surface area contributed by atoms with Gasteiger partial charge in [-0.2, -0.15) is 5.10 Å². The number of piperidine rings is 1. The van der Waals surface area contributed by atoms with Crippen LogP contribution in [0, 0.1) is 6.92 Å². The third-order valence-electron chi connectivity index (χ3n) is 3.59. The van der Waals surface area contributed by atoms with E-state index in [1.807, 2.05) is 6.92 Å². The van der Waals surface area contributed by atoms with E-state index in [4.69, 9.17) is 0 Å². The van der Waals surface area contributed by atoms with Crippen molar-refractivity contribution < 1.29 is 8.42 Å². The van der Waals surface area contributed by atoms with Crippen LogP contribution in [0.2, 0.25) is 0 Å². The molecule has 3 N–H and O–H groups in total. The van der Waals surface area contributed by atoms with Gasteiger partial charge in [-0.15, -0.1) is 0 Å². The molecule has 0 aliphatic carbocycles. The zero-order valence-electron chi connectivity index (χ0n) is 11.3. The van der Waals surface area contributed by atoms with E-state index in [2.05, 4.69) is 20.2 Å². The maximum absolute atomic E-state index is 12.1. The lowest BCUT2D eigenvalue weighted by Crippen LogP contribution is -2.41. The molecule has 0 bridgehead atoms. The minimum absolute atomic E-state index is 0.232. The summed E-state index contributed by atoms with van der Waals surface area (Å²) in [4.78, 5) is 0. The number of rotatable bonds is 6. The number of aromatic nitrogens is 2. The van der Waals surface area contributed by atoms with Crippen LogP contribution in [-0.2, 0) is 16.4 Å². The Hall–Kier alpha value is -0.920. The second kappa shape index (κ2) is 6.49. The molecule has 1 fully saturated rings. The molecule has 6 nitrogen and oxygen atoms in total. The minimum atomic E-state index is -3.15. The van der Waals surface area contributed by atoms with Gasteiger partial charge < -0.3 is 5.32 Å². The van der Waals surface area contributed by atoms with Crippen LogP contribution in [0.4, 0.5) is 0 Å². The lowest BCUT2D eigenvalue weighted by molar-refractivity contribution is 0.489. The van der Waals surface area contributed by atoms with E-state index in [-0.39, 0.29) is 5.25 Å². The summed E-state index contributed by atoms with van der Waals surface area (Å²) in [5.74, 6) is 0. The van der Waals surface area contributed by atoms with Crippen molar-refractivity contribution in [2.45, 2.75) is 37.9 Å². The van der Waals surface area contributed by atoms with Crippen LogP contribution in [0.3, 0.4) is 0 Å². The van der Waals surface area contributed by atoms with Crippen molar-refractivity contribution in [1.29, 1.82) is 0 Å². The van der Waals surface area contributed by atoms with Crippen LogP contribution in [0.5, 0.6) is 0 Å². The van der Waals surface area contributed by atoms with Gasteiger partial charge in [-0.25, -0.2) is 13.1 Å². The Bertz CT molecular complexity index is 492. The molecule has 0 radical (unpaired) electrons. The Morgan fingerprint density at radius 2 is 2.16 bits per heavy atom. The standard InChI is InChI=1S/C12H22N4O2S/c1-10-11(9-14-16-10)3-2-6-15-19(17,18)12-4-7-13-8-5-12/h9,12-13,15H,2-8H2,1H3,(H,14,16). The van der Waals surface area contributed by atoms with E-state index in [0.717, 1.165) is 37.2 Å². The minimum Gasteiger partial charge on any atom is -0.317 e. The van der Waals surface area contributed by atoms with Crippen molar-refractivity contribution >= 4 is 10.0 Å². The smallest absolute Gasteiger partial charge is 0.214 e. The second-order valence-corrected chi connectivity index (χ2v) is 7.06. The first-order valence-corrected chi connectivity index (χ1v) is 8.32. The van der Waals surface area contributed by atoms with Crippen LogP contribution in [0.15, 0.2) is 6.20 Å². The van der Waals surface area contributed by atoms with Gasteiger partial charge in [-0.05, 0) is 51.3 Å². The summed E-state index contributed by atoms with van der Waals surface area (Å²) in [5, 5.41) is 9.78. The zero-order valence-corrected chi connectivity index (χ0v) is 12.1. The third kappa shape index (κ3) is 4.02. The molecule has 19 heavy (non-hydrogen) atoms. The summed E-state index contributed by atoms with van der Waals surface area (Å²) in [6.07, 6.45) is 4.85. The highest BCUT2D eigenvalue weighted by molar-refractivity contribution is 7.90. The molecule has 0 atom stereocenters. The van der Waals surface area contributed by atoms with Gasteiger partial charge in [0, 0.05) is 12.2 Å². The predicted molar refractivity (Wildman–Crippen MR) is 74.5 cm³/mol. The van der Waals surface area contributed by atoms with E-state index in [1.54, 1.807) is 6.20 Å². The number of nitrogens with one attached hydrogen (secondary N) is 3. The molecule has 0 saturated carbocycles. The Balaban J connectivity index is 1.74. The molecule has 2 heterocycles. The predicted octanol–water partition coefficient (Wildman–Crippen LogP) is 0.322. The molecule has 108 valence electrons. The molecule has 1 aromatic rings. The number of hydrogen-bond acceptors (Lipinski definition) is 4. The number of nitrogens with zero attached hydrogens (tertiary/aromatic N) is 1. The summed E-state index contributed by atoms with van der Waals surface area (Å²) < 4.78 is 26.8. The van der Waals surface area contributed by atoms with E-state index in [9.17, 15) is 8.42 Å². The van der Waals surface area contributed by atoms with Crippen LogP contribution in [0.1, 0.15) is 30.5 Å². The lowest BCUT2D eigenvalue weighted by atomic mass is 10.1. The fourth-order valence-electron chi connectivity index (χ4n) is 2.34. The number of H-pyrrole nitrogens is 1. The summed E-state index contributed by atoms with van der Waals surface area (Å²) in [5.41, 5.74) is 2.21. The molecular formula is C12H22N4O2S. The van der Waals surface area contributed by atoms with Gasteiger partial charge in [0.1, 0.15) is 0 Å². The van der Waals surface area contributed by atoms with Crippen molar-refractivity contribution in [2.24, 2.45) is 0 Å². The highest BCUT2D eigenvalue weighted by Gasteiger charge is 2.26.